The zero-order valence-electron chi connectivity index (χ0n) is 15.0. The molecule has 1 aromatic heterocycles. The molecule has 1 N–H and O–H groups in total. The van der Waals surface area contributed by atoms with E-state index in [1.807, 2.05) is 69.6 Å². The van der Waals surface area contributed by atoms with Gasteiger partial charge in [-0.1, -0.05) is 24.3 Å². The first kappa shape index (κ1) is 17.9. The summed E-state index contributed by atoms with van der Waals surface area (Å²) < 4.78 is 7.72. The van der Waals surface area contributed by atoms with E-state index in [1.165, 1.54) is 0 Å². The smallest absolute Gasteiger partial charge is 0.216 e. The lowest BCUT2D eigenvalue weighted by molar-refractivity contribution is 0.341. The average molecular weight is 367 g/mol. The summed E-state index contributed by atoms with van der Waals surface area (Å²) in [6, 6.07) is 15.8. The molecule has 1 heterocycles. The van der Waals surface area contributed by atoms with Crippen molar-refractivity contribution in [1.82, 2.24) is 14.9 Å². The topological polar surface area (TPSA) is 58.4 Å². The number of hydrogen-bond donors (Lipinski definition) is 1. The second-order valence-corrected chi connectivity index (χ2v) is 6.21. The first-order chi connectivity index (χ1) is 12.6. The van der Waals surface area contributed by atoms with Gasteiger partial charge >= 0.3 is 0 Å². The minimum absolute atomic E-state index is 0.424. The van der Waals surface area contributed by atoms with Crippen molar-refractivity contribution in [3.63, 3.8) is 0 Å². The molecule has 134 valence electrons. The Labute approximate surface area is 157 Å². The van der Waals surface area contributed by atoms with Crippen molar-refractivity contribution >= 4 is 24.1 Å². The minimum atomic E-state index is 0.424. The molecule has 0 atom stereocenters. The summed E-state index contributed by atoms with van der Waals surface area (Å²) in [4.78, 5) is 2.05. The molecule has 0 saturated heterocycles. The second kappa shape index (κ2) is 7.97. The molecule has 0 amide bonds. The summed E-state index contributed by atoms with van der Waals surface area (Å²) in [5, 5.41) is 11.6. The normalized spacial score (nSPS) is 11.0. The highest BCUT2D eigenvalue weighted by atomic mass is 32.1. The van der Waals surface area contributed by atoms with Gasteiger partial charge in [0, 0.05) is 19.8 Å². The Balaban J connectivity index is 1.95. The molecule has 0 aliphatic rings. The van der Waals surface area contributed by atoms with E-state index >= 15 is 0 Å². The van der Waals surface area contributed by atoms with Crippen LogP contribution < -0.4 is 9.64 Å². The van der Waals surface area contributed by atoms with Crippen LogP contribution in [0.2, 0.25) is 0 Å². The van der Waals surface area contributed by atoms with Crippen molar-refractivity contribution < 1.29 is 4.74 Å². The SMILES string of the molecule is CCOc1ccccc1-c1n[nH]c(=S)n1/N=C/c1ccc(N(C)C)cc1. The van der Waals surface area contributed by atoms with Gasteiger partial charge in [-0.2, -0.15) is 14.9 Å². The summed E-state index contributed by atoms with van der Waals surface area (Å²) in [5.74, 6) is 1.36. The van der Waals surface area contributed by atoms with Gasteiger partial charge in [0.25, 0.3) is 0 Å². The van der Waals surface area contributed by atoms with Crippen molar-refractivity contribution in [3.05, 3.63) is 58.9 Å². The molecule has 7 heteroatoms. The zero-order chi connectivity index (χ0) is 18.5. The number of benzene rings is 2. The van der Waals surface area contributed by atoms with Gasteiger partial charge in [0.05, 0.1) is 18.4 Å². The van der Waals surface area contributed by atoms with Gasteiger partial charge in [-0.15, -0.1) is 0 Å². The van der Waals surface area contributed by atoms with E-state index in [2.05, 4.69) is 20.2 Å². The van der Waals surface area contributed by atoms with Crippen LogP contribution in [0.25, 0.3) is 11.4 Å². The fourth-order valence-electron chi connectivity index (χ4n) is 2.49. The third-order valence-electron chi connectivity index (χ3n) is 3.81. The monoisotopic (exact) mass is 367 g/mol. The van der Waals surface area contributed by atoms with Gasteiger partial charge in [-0.05, 0) is 49.0 Å². The van der Waals surface area contributed by atoms with Gasteiger partial charge in [-0.3, -0.25) is 0 Å². The van der Waals surface area contributed by atoms with Crippen LogP contribution in [-0.2, 0) is 0 Å². The van der Waals surface area contributed by atoms with Crippen LogP contribution in [0.4, 0.5) is 5.69 Å². The Hall–Kier alpha value is -2.93. The standard InChI is InChI=1S/C19H21N5OS/c1-4-25-17-8-6-5-7-16(17)18-21-22-19(26)24(18)20-13-14-9-11-15(12-10-14)23(2)3/h5-13H,4H2,1-3H3,(H,22,26)/b20-13+. The van der Waals surface area contributed by atoms with Crippen LogP contribution in [0.1, 0.15) is 12.5 Å². The van der Waals surface area contributed by atoms with Crippen molar-refractivity contribution in [2.45, 2.75) is 6.92 Å². The van der Waals surface area contributed by atoms with Gasteiger partial charge < -0.3 is 9.64 Å². The highest BCUT2D eigenvalue weighted by Crippen LogP contribution is 2.28. The maximum Gasteiger partial charge on any atom is 0.216 e. The molecule has 2 aromatic carbocycles. The molecule has 3 rings (SSSR count). The molecule has 0 spiro atoms. The lowest BCUT2D eigenvalue weighted by Gasteiger charge is -2.11. The number of aromatic amines is 1. The summed E-state index contributed by atoms with van der Waals surface area (Å²) in [5.41, 5.74) is 2.94. The number of nitrogens with one attached hydrogen (secondary N) is 1. The molecule has 6 nitrogen and oxygen atoms in total. The molecule has 26 heavy (non-hydrogen) atoms. The summed E-state index contributed by atoms with van der Waals surface area (Å²) in [6.45, 7) is 2.52. The van der Waals surface area contributed by atoms with E-state index < -0.39 is 0 Å². The first-order valence-electron chi connectivity index (χ1n) is 8.31. The number of anilines is 1. The van der Waals surface area contributed by atoms with E-state index in [0.29, 0.717) is 17.2 Å². The van der Waals surface area contributed by atoms with Crippen LogP contribution in [0, 0.1) is 4.77 Å². The van der Waals surface area contributed by atoms with Crippen LogP contribution in [0.5, 0.6) is 5.75 Å². The van der Waals surface area contributed by atoms with Gasteiger partial charge in [0.1, 0.15) is 5.75 Å². The molecule has 0 bridgehead atoms. The van der Waals surface area contributed by atoms with Crippen LogP contribution >= 0.6 is 12.2 Å². The van der Waals surface area contributed by atoms with E-state index in [9.17, 15) is 0 Å². The maximum absolute atomic E-state index is 5.70. The number of hydrogen-bond acceptors (Lipinski definition) is 5. The molecule has 0 radical (unpaired) electrons. The van der Waals surface area contributed by atoms with Gasteiger partial charge in [-0.25, -0.2) is 5.10 Å². The Bertz CT molecular complexity index is 957. The summed E-state index contributed by atoms with van der Waals surface area (Å²) in [6.07, 6.45) is 1.76. The Kier molecular flexibility index (Phi) is 5.48. The molecule has 0 fully saturated rings. The van der Waals surface area contributed by atoms with E-state index in [1.54, 1.807) is 10.9 Å². The molecule has 0 aliphatic carbocycles. The fraction of sp³-hybridized carbons (Fsp3) is 0.211. The Morgan fingerprint density at radius 3 is 2.62 bits per heavy atom. The van der Waals surface area contributed by atoms with Crippen molar-refractivity contribution in [1.29, 1.82) is 0 Å². The third kappa shape index (κ3) is 3.83. The molecule has 0 unspecified atom stereocenters. The predicted octanol–water partition coefficient (Wildman–Crippen LogP) is 3.95. The number of nitrogens with zero attached hydrogens (tertiary/aromatic N) is 4. The van der Waals surface area contributed by atoms with E-state index in [0.717, 1.165) is 22.6 Å². The maximum atomic E-state index is 5.70. The minimum Gasteiger partial charge on any atom is -0.493 e. The highest BCUT2D eigenvalue weighted by molar-refractivity contribution is 7.71. The number of H-pyrrole nitrogens is 1. The van der Waals surface area contributed by atoms with Crippen LogP contribution in [0.15, 0.2) is 53.6 Å². The van der Waals surface area contributed by atoms with Gasteiger partial charge in [0.2, 0.25) is 4.77 Å². The van der Waals surface area contributed by atoms with E-state index in [-0.39, 0.29) is 0 Å². The first-order valence-corrected chi connectivity index (χ1v) is 8.72. The summed E-state index contributed by atoms with van der Waals surface area (Å²) in [7, 11) is 4.02. The molecular weight excluding hydrogens is 346 g/mol. The molecule has 0 aliphatic heterocycles. The zero-order valence-corrected chi connectivity index (χ0v) is 15.8. The third-order valence-corrected chi connectivity index (χ3v) is 4.07. The van der Waals surface area contributed by atoms with E-state index in [4.69, 9.17) is 17.0 Å². The largest absolute Gasteiger partial charge is 0.493 e. The highest BCUT2D eigenvalue weighted by Gasteiger charge is 2.13. The van der Waals surface area contributed by atoms with Gasteiger partial charge in [0.15, 0.2) is 5.82 Å². The Morgan fingerprint density at radius 1 is 1.19 bits per heavy atom. The second-order valence-electron chi connectivity index (χ2n) is 5.82. The number of ether oxygens (including phenoxy) is 1. The molecule has 0 saturated carbocycles. The fourth-order valence-corrected chi connectivity index (χ4v) is 2.67. The van der Waals surface area contributed by atoms with Crippen LogP contribution in [-0.4, -0.2) is 41.8 Å². The quantitative estimate of drug-likeness (QED) is 0.529. The van der Waals surface area contributed by atoms with Crippen molar-refractivity contribution in [2.24, 2.45) is 5.10 Å². The predicted molar refractivity (Wildman–Crippen MR) is 108 cm³/mol. The number of para-hydroxylation sites is 1. The summed E-state index contributed by atoms with van der Waals surface area (Å²) >= 11 is 5.33. The Morgan fingerprint density at radius 2 is 1.92 bits per heavy atom. The van der Waals surface area contributed by atoms with Crippen molar-refractivity contribution in [2.75, 3.05) is 25.6 Å². The number of rotatable bonds is 6. The average Bonchev–Trinajstić information content (AvgIpc) is 3.01. The number of aromatic nitrogens is 3. The molecule has 3 aromatic rings. The van der Waals surface area contributed by atoms with Crippen LogP contribution in [0.3, 0.4) is 0 Å². The van der Waals surface area contributed by atoms with Crippen molar-refractivity contribution in [3.8, 4) is 17.1 Å². The lowest BCUT2D eigenvalue weighted by atomic mass is 10.2. The lowest BCUT2D eigenvalue weighted by Crippen LogP contribution is -2.08. The molecular formula is C19H21N5OS.